The fourth-order valence-corrected chi connectivity index (χ4v) is 3.67. The molecule has 1 rings (SSSR count). The predicted octanol–water partition coefficient (Wildman–Crippen LogP) is 1.55. The zero-order chi connectivity index (χ0) is 9.68. The second-order valence-electron chi connectivity index (χ2n) is 4.11. The van der Waals surface area contributed by atoms with E-state index in [2.05, 4.69) is 29.9 Å². The van der Waals surface area contributed by atoms with E-state index in [1.807, 2.05) is 0 Å². The number of hydrogen-bond donors (Lipinski definition) is 0. The van der Waals surface area contributed by atoms with Crippen LogP contribution in [0.4, 0.5) is 0 Å². The van der Waals surface area contributed by atoms with Crippen LogP contribution in [0.1, 0.15) is 46.5 Å². The van der Waals surface area contributed by atoms with E-state index < -0.39 is 0 Å². The van der Waals surface area contributed by atoms with Gasteiger partial charge in [-0.1, -0.05) is 26.7 Å². The third-order valence-electron chi connectivity index (χ3n) is 3.02. The Morgan fingerprint density at radius 2 is 1.46 bits per heavy atom. The van der Waals surface area contributed by atoms with E-state index in [1.54, 1.807) is 0 Å². The third-order valence-corrected chi connectivity index (χ3v) is 5.43. The molecule has 2 nitrogen and oxygen atoms in total. The second-order valence-corrected chi connectivity index (χ2v) is 6.01. The molecule has 0 aliphatic carbocycles. The summed E-state index contributed by atoms with van der Waals surface area (Å²) in [5, 5.41) is 0. The fraction of sp³-hybridized carbons (Fsp3) is 1.00. The summed E-state index contributed by atoms with van der Waals surface area (Å²) in [6, 6.07) is 0. The van der Waals surface area contributed by atoms with E-state index in [0.717, 1.165) is 6.17 Å². The van der Waals surface area contributed by atoms with Crippen LogP contribution in [0.2, 0.25) is 0 Å². The Morgan fingerprint density at radius 1 is 1.00 bits per heavy atom. The molecule has 1 heterocycles. The van der Waals surface area contributed by atoms with Crippen molar-refractivity contribution in [1.82, 2.24) is 9.13 Å². The van der Waals surface area contributed by atoms with E-state index in [4.69, 9.17) is 0 Å². The van der Waals surface area contributed by atoms with Crippen molar-refractivity contribution < 1.29 is 0 Å². The molecule has 1 fully saturated rings. The van der Waals surface area contributed by atoms with Crippen LogP contribution in [-0.2, 0) is 0 Å². The standard InChI is InChI=1S/C10H24N2Si/c1-4-6-8-11-10(3)12(13-11)9-7-5-2/h10H,4-9,13H2,1-3H3. The van der Waals surface area contributed by atoms with Crippen molar-refractivity contribution in [3.8, 4) is 0 Å². The second kappa shape index (κ2) is 5.78. The molecule has 0 atom stereocenters. The zero-order valence-electron chi connectivity index (χ0n) is 9.42. The maximum Gasteiger partial charge on any atom is 0.175 e. The van der Waals surface area contributed by atoms with Gasteiger partial charge in [0.1, 0.15) is 0 Å². The van der Waals surface area contributed by atoms with Crippen molar-refractivity contribution in [2.45, 2.75) is 52.6 Å². The highest BCUT2D eigenvalue weighted by atomic mass is 28.2. The van der Waals surface area contributed by atoms with Crippen LogP contribution in [0.3, 0.4) is 0 Å². The molecular weight excluding hydrogens is 176 g/mol. The van der Waals surface area contributed by atoms with E-state index in [-0.39, 0.29) is 9.84 Å². The molecule has 1 aliphatic rings. The van der Waals surface area contributed by atoms with Crippen molar-refractivity contribution in [1.29, 1.82) is 0 Å². The first-order valence-electron chi connectivity index (χ1n) is 5.77. The maximum absolute atomic E-state index is 2.71. The molecule has 1 saturated heterocycles. The Bertz CT molecular complexity index is 127. The van der Waals surface area contributed by atoms with E-state index >= 15 is 0 Å². The summed E-state index contributed by atoms with van der Waals surface area (Å²) in [6.07, 6.45) is 6.22. The minimum atomic E-state index is 0.0115. The smallest absolute Gasteiger partial charge is 0.175 e. The summed E-state index contributed by atoms with van der Waals surface area (Å²) in [5.74, 6) is 0. The first-order valence-corrected chi connectivity index (χ1v) is 7.04. The molecule has 0 bridgehead atoms. The van der Waals surface area contributed by atoms with Crippen molar-refractivity contribution in [3.05, 3.63) is 0 Å². The van der Waals surface area contributed by atoms with E-state index in [0.29, 0.717) is 0 Å². The van der Waals surface area contributed by atoms with Crippen molar-refractivity contribution in [2.24, 2.45) is 0 Å². The van der Waals surface area contributed by atoms with Crippen LogP contribution < -0.4 is 0 Å². The zero-order valence-corrected chi connectivity index (χ0v) is 10.8. The third kappa shape index (κ3) is 3.08. The highest BCUT2D eigenvalue weighted by Crippen LogP contribution is 2.16. The van der Waals surface area contributed by atoms with Gasteiger partial charge >= 0.3 is 0 Å². The van der Waals surface area contributed by atoms with Gasteiger partial charge < -0.3 is 9.13 Å². The van der Waals surface area contributed by atoms with Gasteiger partial charge in [0.05, 0.1) is 0 Å². The highest BCUT2D eigenvalue weighted by molar-refractivity contribution is 6.32. The monoisotopic (exact) mass is 200 g/mol. The lowest BCUT2D eigenvalue weighted by Gasteiger charge is -2.49. The van der Waals surface area contributed by atoms with Gasteiger partial charge in [0.15, 0.2) is 9.84 Å². The van der Waals surface area contributed by atoms with Gasteiger partial charge in [-0.25, -0.2) is 0 Å². The summed E-state index contributed by atoms with van der Waals surface area (Å²) in [7, 11) is 0.0115. The van der Waals surface area contributed by atoms with Gasteiger partial charge in [0, 0.05) is 6.17 Å². The summed E-state index contributed by atoms with van der Waals surface area (Å²) in [6.45, 7) is 9.63. The Morgan fingerprint density at radius 3 is 1.77 bits per heavy atom. The van der Waals surface area contributed by atoms with Crippen LogP contribution in [-0.4, -0.2) is 38.2 Å². The lowest BCUT2D eigenvalue weighted by atomic mass is 10.3. The molecule has 13 heavy (non-hydrogen) atoms. The average molecular weight is 200 g/mol. The summed E-state index contributed by atoms with van der Waals surface area (Å²) in [5.41, 5.74) is 0. The van der Waals surface area contributed by atoms with Crippen LogP contribution in [0.25, 0.3) is 0 Å². The molecule has 3 heteroatoms. The van der Waals surface area contributed by atoms with Gasteiger partial charge in [0.25, 0.3) is 0 Å². The Balaban J connectivity index is 2.07. The lowest BCUT2D eigenvalue weighted by Crippen LogP contribution is -2.65. The predicted molar refractivity (Wildman–Crippen MR) is 61.2 cm³/mol. The molecule has 0 N–H and O–H groups in total. The molecule has 78 valence electrons. The minimum absolute atomic E-state index is 0.0115. The highest BCUT2D eigenvalue weighted by Gasteiger charge is 2.31. The minimum Gasteiger partial charge on any atom is -0.302 e. The Labute approximate surface area is 85.3 Å². The van der Waals surface area contributed by atoms with Gasteiger partial charge in [-0.05, 0) is 32.9 Å². The molecule has 1 aliphatic heterocycles. The quantitative estimate of drug-likeness (QED) is 0.600. The average Bonchev–Trinajstić information content (AvgIpc) is 2.15. The molecule has 0 radical (unpaired) electrons. The molecule has 0 aromatic rings. The van der Waals surface area contributed by atoms with E-state index in [1.165, 1.54) is 38.8 Å². The van der Waals surface area contributed by atoms with E-state index in [9.17, 15) is 0 Å². The molecule has 0 aromatic carbocycles. The molecule has 0 aromatic heterocycles. The fourth-order valence-electron chi connectivity index (χ4n) is 1.84. The SMILES string of the molecule is CCCCN1[SiH2]N(CCCC)C1C. The van der Waals surface area contributed by atoms with Gasteiger partial charge in [-0.3, -0.25) is 0 Å². The molecule has 0 amide bonds. The first kappa shape index (κ1) is 11.2. The molecule has 0 unspecified atom stereocenters. The Hall–Kier alpha value is 0.137. The molecular formula is C10H24N2Si. The van der Waals surface area contributed by atoms with Crippen molar-refractivity contribution in [3.63, 3.8) is 0 Å². The molecule has 0 saturated carbocycles. The topological polar surface area (TPSA) is 6.48 Å². The number of hydrogen-bond acceptors (Lipinski definition) is 2. The van der Waals surface area contributed by atoms with Gasteiger partial charge in [-0.15, -0.1) is 0 Å². The number of nitrogens with zero attached hydrogens (tertiary/aromatic N) is 2. The maximum atomic E-state index is 2.71. The number of rotatable bonds is 6. The summed E-state index contributed by atoms with van der Waals surface area (Å²) < 4.78 is 5.42. The van der Waals surface area contributed by atoms with Crippen molar-refractivity contribution in [2.75, 3.05) is 13.1 Å². The first-order chi connectivity index (χ1) is 6.29. The van der Waals surface area contributed by atoms with Crippen molar-refractivity contribution >= 4 is 9.84 Å². The summed E-state index contributed by atoms with van der Waals surface area (Å²) in [4.78, 5) is 0. The molecule has 0 spiro atoms. The largest absolute Gasteiger partial charge is 0.302 e. The number of unbranched alkanes of at least 4 members (excludes halogenated alkanes) is 2. The van der Waals surface area contributed by atoms with Crippen LogP contribution in [0.5, 0.6) is 0 Å². The van der Waals surface area contributed by atoms with Crippen LogP contribution in [0, 0.1) is 0 Å². The normalized spacial score (nSPS) is 26.5. The van der Waals surface area contributed by atoms with Gasteiger partial charge in [-0.2, -0.15) is 0 Å². The van der Waals surface area contributed by atoms with Crippen LogP contribution >= 0.6 is 0 Å². The summed E-state index contributed by atoms with van der Waals surface area (Å²) >= 11 is 0. The van der Waals surface area contributed by atoms with Crippen LogP contribution in [0.15, 0.2) is 0 Å². The van der Waals surface area contributed by atoms with Gasteiger partial charge in [0.2, 0.25) is 0 Å². The Kier molecular flexibility index (Phi) is 4.99. The lowest BCUT2D eigenvalue weighted by molar-refractivity contribution is 0.108.